The van der Waals surface area contributed by atoms with Gasteiger partial charge in [-0.3, -0.25) is 4.79 Å². The van der Waals surface area contributed by atoms with E-state index in [9.17, 15) is 4.79 Å². The fourth-order valence-electron chi connectivity index (χ4n) is 3.98. The summed E-state index contributed by atoms with van der Waals surface area (Å²) < 4.78 is 4.30. The molecule has 0 radical (unpaired) electrons. The number of aromatic nitrogens is 2. The van der Waals surface area contributed by atoms with Crippen molar-refractivity contribution < 1.29 is 4.79 Å². The Morgan fingerprint density at radius 2 is 1.45 bits per heavy atom. The maximum atomic E-state index is 12.7. The first-order valence-corrected chi connectivity index (χ1v) is 10.3. The highest BCUT2D eigenvalue weighted by Crippen LogP contribution is 2.20. The van der Waals surface area contributed by atoms with E-state index in [0.717, 1.165) is 39.7 Å². The molecule has 0 bridgehead atoms. The zero-order chi connectivity index (χ0) is 22.0. The molecule has 2 aromatic carbocycles. The van der Waals surface area contributed by atoms with Crippen LogP contribution < -0.4 is 5.43 Å². The summed E-state index contributed by atoms with van der Waals surface area (Å²) in [6, 6.07) is 24.0. The fraction of sp³-hybridized carbons (Fsp3) is 0.154. The lowest BCUT2D eigenvalue weighted by molar-refractivity contribution is 0.0955. The van der Waals surface area contributed by atoms with Gasteiger partial charge in [-0.15, -0.1) is 0 Å². The predicted molar refractivity (Wildman–Crippen MR) is 126 cm³/mol. The van der Waals surface area contributed by atoms with E-state index >= 15 is 0 Å². The van der Waals surface area contributed by atoms with E-state index in [1.54, 1.807) is 12.3 Å². The number of nitrogens with zero attached hydrogens (tertiary/aromatic N) is 3. The van der Waals surface area contributed by atoms with Gasteiger partial charge >= 0.3 is 0 Å². The second kappa shape index (κ2) is 8.48. The van der Waals surface area contributed by atoms with Crippen LogP contribution in [0.15, 0.2) is 77.9 Å². The molecule has 1 N–H and O–H groups in total. The standard InChI is InChI=1S/C26H26N4O/c1-18-13-14-19(2)29(18)25-12-8-9-22(16-25)26(31)28-27-17-23-15-20(3)30(21(23)4)24-10-6-5-7-11-24/h5-17H,1-4H3,(H,28,31)/b27-17-. The van der Waals surface area contributed by atoms with Gasteiger partial charge in [-0.1, -0.05) is 24.3 Å². The summed E-state index contributed by atoms with van der Waals surface area (Å²) in [5.74, 6) is -0.238. The van der Waals surface area contributed by atoms with Crippen LogP contribution >= 0.6 is 0 Å². The Labute approximate surface area is 182 Å². The van der Waals surface area contributed by atoms with Gasteiger partial charge in [0.1, 0.15) is 0 Å². The molecule has 5 heteroatoms. The van der Waals surface area contributed by atoms with E-state index in [2.05, 4.69) is 70.8 Å². The topological polar surface area (TPSA) is 51.3 Å². The molecular formula is C26H26N4O. The molecule has 0 aliphatic heterocycles. The third-order valence-corrected chi connectivity index (χ3v) is 5.49. The lowest BCUT2D eigenvalue weighted by Crippen LogP contribution is -2.18. The molecule has 1 amide bonds. The van der Waals surface area contributed by atoms with E-state index < -0.39 is 0 Å². The smallest absolute Gasteiger partial charge is 0.271 e. The van der Waals surface area contributed by atoms with Gasteiger partial charge in [-0.05, 0) is 76.2 Å². The van der Waals surface area contributed by atoms with Gasteiger partial charge in [0.2, 0.25) is 0 Å². The molecule has 2 heterocycles. The number of hydrazone groups is 1. The van der Waals surface area contributed by atoms with Gasteiger partial charge < -0.3 is 9.13 Å². The van der Waals surface area contributed by atoms with Crippen LogP contribution in [0.4, 0.5) is 0 Å². The first-order valence-electron chi connectivity index (χ1n) is 10.3. The number of benzene rings is 2. The van der Waals surface area contributed by atoms with Crippen LogP contribution in [0, 0.1) is 27.7 Å². The molecule has 4 rings (SSSR count). The summed E-state index contributed by atoms with van der Waals surface area (Å²) in [5, 5.41) is 4.21. The Balaban J connectivity index is 1.52. The number of aryl methyl sites for hydroxylation is 3. The van der Waals surface area contributed by atoms with Gasteiger partial charge in [-0.2, -0.15) is 5.10 Å². The summed E-state index contributed by atoms with van der Waals surface area (Å²) in [5.41, 5.74) is 10.7. The highest BCUT2D eigenvalue weighted by Gasteiger charge is 2.11. The lowest BCUT2D eigenvalue weighted by atomic mass is 10.2. The average molecular weight is 411 g/mol. The summed E-state index contributed by atoms with van der Waals surface area (Å²) in [7, 11) is 0. The summed E-state index contributed by atoms with van der Waals surface area (Å²) in [4.78, 5) is 12.7. The largest absolute Gasteiger partial charge is 0.318 e. The van der Waals surface area contributed by atoms with Crippen molar-refractivity contribution in [2.75, 3.05) is 0 Å². The van der Waals surface area contributed by atoms with Crippen LogP contribution in [0.5, 0.6) is 0 Å². The summed E-state index contributed by atoms with van der Waals surface area (Å²) >= 11 is 0. The van der Waals surface area contributed by atoms with Gasteiger partial charge in [0.25, 0.3) is 5.91 Å². The maximum Gasteiger partial charge on any atom is 0.271 e. The number of hydrogen-bond donors (Lipinski definition) is 1. The SMILES string of the molecule is Cc1ccc(C)n1-c1cccc(C(=O)N/N=C\c2cc(C)n(-c3ccccc3)c2C)c1. The lowest BCUT2D eigenvalue weighted by Gasteiger charge is -2.10. The molecule has 0 fully saturated rings. The minimum Gasteiger partial charge on any atom is -0.318 e. The number of carbonyl (C=O) groups is 1. The highest BCUT2D eigenvalue weighted by molar-refractivity contribution is 5.95. The second-order valence-corrected chi connectivity index (χ2v) is 7.70. The predicted octanol–water partition coefficient (Wildman–Crippen LogP) is 5.27. The van der Waals surface area contributed by atoms with Gasteiger partial charge in [0.15, 0.2) is 0 Å². The Bertz CT molecular complexity index is 1240. The molecule has 31 heavy (non-hydrogen) atoms. The first-order chi connectivity index (χ1) is 15.0. The third-order valence-electron chi connectivity index (χ3n) is 5.49. The van der Waals surface area contributed by atoms with Crippen molar-refractivity contribution in [1.82, 2.24) is 14.6 Å². The van der Waals surface area contributed by atoms with Crippen LogP contribution in [0.1, 0.15) is 38.7 Å². The number of hydrogen-bond acceptors (Lipinski definition) is 2. The van der Waals surface area contributed by atoms with E-state index in [1.807, 2.05) is 43.3 Å². The number of rotatable bonds is 5. The maximum absolute atomic E-state index is 12.7. The van der Waals surface area contributed by atoms with Gasteiger partial charge in [0, 0.05) is 45.3 Å². The molecule has 0 spiro atoms. The van der Waals surface area contributed by atoms with Gasteiger partial charge in [0.05, 0.1) is 6.21 Å². The van der Waals surface area contributed by atoms with Crippen molar-refractivity contribution >= 4 is 12.1 Å². The number of amides is 1. The van der Waals surface area contributed by atoms with Crippen LogP contribution in [-0.2, 0) is 0 Å². The van der Waals surface area contributed by atoms with Crippen molar-refractivity contribution in [1.29, 1.82) is 0 Å². The molecule has 0 unspecified atom stereocenters. The second-order valence-electron chi connectivity index (χ2n) is 7.70. The fourth-order valence-corrected chi connectivity index (χ4v) is 3.98. The molecule has 0 aliphatic rings. The number of para-hydroxylation sites is 1. The zero-order valence-corrected chi connectivity index (χ0v) is 18.3. The van der Waals surface area contributed by atoms with Gasteiger partial charge in [-0.25, -0.2) is 5.43 Å². The van der Waals surface area contributed by atoms with E-state index in [4.69, 9.17) is 0 Å². The number of carbonyl (C=O) groups excluding carboxylic acids is 1. The summed E-state index contributed by atoms with van der Waals surface area (Å²) in [6.07, 6.45) is 1.70. The quantitative estimate of drug-likeness (QED) is 0.354. The van der Waals surface area contributed by atoms with Crippen molar-refractivity contribution in [3.8, 4) is 11.4 Å². The average Bonchev–Trinajstić information content (AvgIpc) is 3.25. The van der Waals surface area contributed by atoms with Crippen molar-refractivity contribution in [2.24, 2.45) is 5.10 Å². The molecule has 4 aromatic rings. The molecular weight excluding hydrogens is 384 g/mol. The monoisotopic (exact) mass is 410 g/mol. The minimum atomic E-state index is -0.238. The number of nitrogens with one attached hydrogen (secondary N) is 1. The van der Waals surface area contributed by atoms with E-state index in [1.165, 1.54) is 0 Å². The Morgan fingerprint density at radius 3 is 2.16 bits per heavy atom. The minimum absolute atomic E-state index is 0.238. The molecule has 2 aromatic heterocycles. The third kappa shape index (κ3) is 4.08. The van der Waals surface area contributed by atoms with Crippen molar-refractivity contribution in [2.45, 2.75) is 27.7 Å². The Hall–Kier alpha value is -3.86. The molecule has 0 atom stereocenters. The normalized spacial score (nSPS) is 11.2. The molecule has 0 saturated heterocycles. The Morgan fingerprint density at radius 1 is 0.774 bits per heavy atom. The van der Waals surface area contributed by atoms with Crippen molar-refractivity contribution in [3.05, 3.63) is 107 Å². The molecule has 0 saturated carbocycles. The van der Waals surface area contributed by atoms with Crippen LogP contribution in [-0.4, -0.2) is 21.3 Å². The first kappa shape index (κ1) is 20.4. The summed E-state index contributed by atoms with van der Waals surface area (Å²) in [6.45, 7) is 8.22. The van der Waals surface area contributed by atoms with E-state index in [0.29, 0.717) is 5.56 Å². The molecule has 156 valence electrons. The van der Waals surface area contributed by atoms with Crippen LogP contribution in [0.25, 0.3) is 11.4 Å². The van der Waals surface area contributed by atoms with Crippen LogP contribution in [0.2, 0.25) is 0 Å². The highest BCUT2D eigenvalue weighted by atomic mass is 16.2. The molecule has 0 aliphatic carbocycles. The zero-order valence-electron chi connectivity index (χ0n) is 18.3. The molecule has 5 nitrogen and oxygen atoms in total. The van der Waals surface area contributed by atoms with Crippen molar-refractivity contribution in [3.63, 3.8) is 0 Å². The van der Waals surface area contributed by atoms with Crippen LogP contribution in [0.3, 0.4) is 0 Å². The Kier molecular flexibility index (Phi) is 5.58. The van der Waals surface area contributed by atoms with E-state index in [-0.39, 0.29) is 5.91 Å².